The minimum absolute atomic E-state index is 0.0311. The highest BCUT2D eigenvalue weighted by Crippen LogP contribution is 2.30. The summed E-state index contributed by atoms with van der Waals surface area (Å²) in [5, 5.41) is 22.2. The van der Waals surface area contributed by atoms with Crippen molar-refractivity contribution >= 4 is 16.6 Å². The number of nitrogens with one attached hydrogen (secondary N) is 1. The molecule has 0 unspecified atom stereocenters. The van der Waals surface area contributed by atoms with Crippen LogP contribution in [0.5, 0.6) is 0 Å². The van der Waals surface area contributed by atoms with Gasteiger partial charge in [-0.1, -0.05) is 30.3 Å². The monoisotopic (exact) mass is 357 g/mol. The fourth-order valence-corrected chi connectivity index (χ4v) is 2.69. The van der Waals surface area contributed by atoms with Crippen molar-refractivity contribution in [3.05, 3.63) is 71.2 Å². The maximum Gasteiger partial charge on any atom is 0.196 e. The van der Waals surface area contributed by atoms with Crippen LogP contribution in [0.2, 0.25) is 0 Å². The quantitative estimate of drug-likeness (QED) is 0.686. The smallest absolute Gasteiger partial charge is 0.196 e. The average molecular weight is 357 g/mol. The fraction of sp³-hybridized carbons (Fsp3) is 0.158. The first-order chi connectivity index (χ1) is 12.5. The van der Waals surface area contributed by atoms with Crippen molar-refractivity contribution in [2.24, 2.45) is 0 Å². The Bertz CT molecular complexity index is 987. The Labute approximate surface area is 147 Å². The third-order valence-electron chi connectivity index (χ3n) is 3.95. The number of benzene rings is 2. The second kappa shape index (κ2) is 7.42. The number of aromatic nitrogens is 1. The van der Waals surface area contributed by atoms with E-state index in [2.05, 4.69) is 10.3 Å². The van der Waals surface area contributed by atoms with Crippen LogP contribution in [0.4, 0.5) is 18.9 Å². The van der Waals surface area contributed by atoms with Crippen molar-refractivity contribution in [1.82, 2.24) is 4.98 Å². The van der Waals surface area contributed by atoms with E-state index in [1.807, 2.05) is 36.4 Å². The van der Waals surface area contributed by atoms with Crippen molar-refractivity contribution in [2.75, 3.05) is 11.9 Å². The van der Waals surface area contributed by atoms with E-state index in [4.69, 9.17) is 0 Å². The lowest BCUT2D eigenvalue weighted by molar-refractivity contribution is 0.188. The first-order valence-corrected chi connectivity index (χ1v) is 7.83. The highest BCUT2D eigenvalue weighted by atomic mass is 19.2. The summed E-state index contributed by atoms with van der Waals surface area (Å²) in [6.07, 6.45) is 0.632. The topological polar surface area (TPSA) is 68.9 Å². The molecule has 26 heavy (non-hydrogen) atoms. The molecule has 0 saturated carbocycles. The lowest BCUT2D eigenvalue weighted by atomic mass is 10.1. The summed E-state index contributed by atoms with van der Waals surface area (Å²) in [5.74, 6) is -4.41. The van der Waals surface area contributed by atoms with Gasteiger partial charge in [-0.05, 0) is 11.6 Å². The van der Waals surface area contributed by atoms with Crippen molar-refractivity contribution in [1.29, 1.82) is 5.26 Å². The molecule has 0 aliphatic rings. The van der Waals surface area contributed by atoms with Crippen LogP contribution in [0.15, 0.2) is 42.6 Å². The molecule has 3 aromatic rings. The number of aliphatic hydroxyl groups excluding tert-OH is 1. The van der Waals surface area contributed by atoms with E-state index in [0.717, 1.165) is 17.8 Å². The molecule has 0 aliphatic carbocycles. The van der Waals surface area contributed by atoms with Crippen LogP contribution in [0.25, 0.3) is 10.9 Å². The Morgan fingerprint density at radius 1 is 1.15 bits per heavy atom. The van der Waals surface area contributed by atoms with Gasteiger partial charge in [0.2, 0.25) is 0 Å². The number of anilines is 1. The maximum absolute atomic E-state index is 13.9. The predicted molar refractivity (Wildman–Crippen MR) is 91.0 cm³/mol. The van der Waals surface area contributed by atoms with Gasteiger partial charge in [0.05, 0.1) is 17.4 Å². The van der Waals surface area contributed by atoms with Crippen molar-refractivity contribution in [3.63, 3.8) is 0 Å². The third-order valence-corrected chi connectivity index (χ3v) is 3.95. The van der Waals surface area contributed by atoms with Crippen molar-refractivity contribution in [3.8, 4) is 6.07 Å². The number of halogens is 3. The fourth-order valence-electron chi connectivity index (χ4n) is 2.69. The molecule has 0 amide bonds. The van der Waals surface area contributed by atoms with E-state index in [1.165, 1.54) is 0 Å². The minimum atomic E-state index is -1.62. The van der Waals surface area contributed by atoms with Gasteiger partial charge in [-0.25, -0.2) is 13.2 Å². The average Bonchev–Trinajstić information content (AvgIpc) is 2.65. The lowest BCUT2D eigenvalue weighted by Crippen LogP contribution is -2.22. The Kier molecular flexibility index (Phi) is 5.05. The first kappa shape index (κ1) is 17.7. The number of hydrogen-bond acceptors (Lipinski definition) is 4. The molecule has 0 radical (unpaired) electrons. The summed E-state index contributed by atoms with van der Waals surface area (Å²) in [4.78, 5) is 3.70. The molecule has 0 bridgehead atoms. The van der Waals surface area contributed by atoms with Gasteiger partial charge >= 0.3 is 0 Å². The zero-order chi connectivity index (χ0) is 18.7. The molecule has 1 heterocycles. The zero-order valence-electron chi connectivity index (χ0n) is 13.5. The molecular formula is C19H14F3N3O. The molecule has 2 aromatic carbocycles. The second-order valence-corrected chi connectivity index (χ2v) is 5.77. The lowest BCUT2D eigenvalue weighted by Gasteiger charge is -2.16. The van der Waals surface area contributed by atoms with Crippen LogP contribution in [0.3, 0.4) is 0 Å². The molecule has 0 fully saturated rings. The Balaban J connectivity index is 1.90. The highest BCUT2D eigenvalue weighted by Gasteiger charge is 2.19. The predicted octanol–water partition coefficient (Wildman–Crippen LogP) is 3.54. The van der Waals surface area contributed by atoms with Gasteiger partial charge in [0.15, 0.2) is 17.5 Å². The van der Waals surface area contributed by atoms with Crippen LogP contribution < -0.4 is 5.32 Å². The van der Waals surface area contributed by atoms with Crippen LogP contribution in [-0.2, 0) is 6.42 Å². The molecular weight excluding hydrogens is 343 g/mol. The molecule has 132 valence electrons. The van der Waals surface area contributed by atoms with Crippen molar-refractivity contribution < 1.29 is 18.3 Å². The standard InChI is InChI=1S/C19H14F3N3O/c20-15-7-14-18(12(8-23)9-24-19(14)17(22)16(15)21)25-10-13(26)6-11-4-2-1-3-5-11/h1-5,7,9,13,26H,6,10H2,(H,24,25)/t13-/m1/s1. The number of pyridine rings is 1. The van der Waals surface area contributed by atoms with Crippen LogP contribution in [-0.4, -0.2) is 22.7 Å². The van der Waals surface area contributed by atoms with E-state index in [0.29, 0.717) is 6.42 Å². The van der Waals surface area contributed by atoms with Crippen molar-refractivity contribution in [2.45, 2.75) is 12.5 Å². The normalized spacial score (nSPS) is 12.0. The highest BCUT2D eigenvalue weighted by molar-refractivity contribution is 5.94. The summed E-state index contributed by atoms with van der Waals surface area (Å²) in [5.41, 5.74) is 0.668. The molecule has 0 aliphatic heterocycles. The molecule has 1 atom stereocenters. The minimum Gasteiger partial charge on any atom is -0.391 e. The van der Waals surface area contributed by atoms with E-state index in [1.54, 1.807) is 0 Å². The number of rotatable bonds is 5. The molecule has 1 aromatic heterocycles. The summed E-state index contributed by atoms with van der Waals surface area (Å²) >= 11 is 0. The van der Waals surface area contributed by atoms with Crippen LogP contribution >= 0.6 is 0 Å². The van der Waals surface area contributed by atoms with Gasteiger partial charge < -0.3 is 10.4 Å². The van der Waals surface area contributed by atoms with E-state index < -0.39 is 23.6 Å². The third kappa shape index (κ3) is 3.46. The summed E-state index contributed by atoms with van der Waals surface area (Å²) in [6, 6.07) is 11.9. The molecule has 0 spiro atoms. The molecule has 7 heteroatoms. The Morgan fingerprint density at radius 3 is 2.58 bits per heavy atom. The zero-order valence-corrected chi connectivity index (χ0v) is 13.5. The first-order valence-electron chi connectivity index (χ1n) is 7.83. The number of hydrogen-bond donors (Lipinski definition) is 2. The second-order valence-electron chi connectivity index (χ2n) is 5.77. The summed E-state index contributed by atoms with van der Waals surface area (Å²) in [6.45, 7) is 0.0311. The van der Waals surface area contributed by atoms with Gasteiger partial charge in [-0.15, -0.1) is 0 Å². The SMILES string of the molecule is N#Cc1cnc2c(F)c(F)c(F)cc2c1NC[C@H](O)Cc1ccccc1. The van der Waals surface area contributed by atoms with Gasteiger partial charge in [-0.2, -0.15) is 5.26 Å². The summed E-state index contributed by atoms with van der Waals surface area (Å²) < 4.78 is 40.9. The number of nitriles is 1. The van der Waals surface area contributed by atoms with Gasteiger partial charge in [0.1, 0.15) is 11.6 Å². The number of fused-ring (bicyclic) bond motifs is 1. The van der Waals surface area contributed by atoms with Gasteiger partial charge in [0.25, 0.3) is 0 Å². The molecule has 2 N–H and O–H groups in total. The number of aliphatic hydroxyl groups is 1. The van der Waals surface area contributed by atoms with Crippen LogP contribution in [0, 0.1) is 28.8 Å². The molecule has 4 nitrogen and oxygen atoms in total. The van der Waals surface area contributed by atoms with Crippen LogP contribution in [0.1, 0.15) is 11.1 Å². The molecule has 3 rings (SSSR count). The van der Waals surface area contributed by atoms with Gasteiger partial charge in [0, 0.05) is 24.5 Å². The summed E-state index contributed by atoms with van der Waals surface area (Å²) in [7, 11) is 0. The van der Waals surface area contributed by atoms with E-state index >= 15 is 0 Å². The van der Waals surface area contributed by atoms with E-state index in [-0.39, 0.29) is 28.7 Å². The largest absolute Gasteiger partial charge is 0.391 e. The Hall–Kier alpha value is -3.11. The van der Waals surface area contributed by atoms with E-state index in [9.17, 15) is 23.5 Å². The molecule has 0 saturated heterocycles. The Morgan fingerprint density at radius 2 is 1.88 bits per heavy atom. The maximum atomic E-state index is 13.9. The van der Waals surface area contributed by atoms with Gasteiger partial charge in [-0.3, -0.25) is 4.98 Å². The number of nitrogens with zero attached hydrogens (tertiary/aromatic N) is 2.